The summed E-state index contributed by atoms with van der Waals surface area (Å²) in [4.78, 5) is 16.8. The number of piperazine rings is 1. The van der Waals surface area contributed by atoms with Gasteiger partial charge in [-0.1, -0.05) is 11.8 Å². The normalized spacial score (nSPS) is 24.0. The number of carbonyl (C=O) groups is 1. The van der Waals surface area contributed by atoms with E-state index in [0.29, 0.717) is 54.8 Å². The van der Waals surface area contributed by atoms with E-state index >= 15 is 0 Å². The van der Waals surface area contributed by atoms with Crippen molar-refractivity contribution in [2.24, 2.45) is 0 Å². The second-order valence-corrected chi connectivity index (χ2v) is 9.58. The molecule has 1 atom stereocenters. The Morgan fingerprint density at radius 2 is 1.76 bits per heavy atom. The van der Waals surface area contributed by atoms with Gasteiger partial charge in [-0.3, -0.25) is 9.69 Å². The molecule has 9 heteroatoms. The highest BCUT2D eigenvalue weighted by Gasteiger charge is 2.34. The zero-order valence-electron chi connectivity index (χ0n) is 13.6. The summed E-state index contributed by atoms with van der Waals surface area (Å²) in [5, 5.41) is 0. The lowest BCUT2D eigenvalue weighted by Gasteiger charge is -2.37. The van der Waals surface area contributed by atoms with Crippen LogP contribution in [-0.4, -0.2) is 73.6 Å². The molecule has 5 nitrogen and oxygen atoms in total. The van der Waals surface area contributed by atoms with E-state index in [0.717, 1.165) is 0 Å². The van der Waals surface area contributed by atoms with Crippen LogP contribution in [0.4, 0.5) is 8.78 Å². The van der Waals surface area contributed by atoms with Crippen molar-refractivity contribution in [2.75, 3.05) is 37.7 Å². The lowest BCUT2D eigenvalue weighted by molar-refractivity contribution is 0.0588. The molecule has 1 aromatic rings. The number of hydrogen-bond donors (Lipinski definition) is 0. The lowest BCUT2D eigenvalue weighted by Crippen LogP contribution is -2.52. The molecule has 0 radical (unpaired) electrons. The Bertz CT molecular complexity index is 717. The highest BCUT2D eigenvalue weighted by molar-refractivity contribution is 7.99. The summed E-state index contributed by atoms with van der Waals surface area (Å²) < 4.78 is 47.8. The molecule has 0 saturated carbocycles. The van der Waals surface area contributed by atoms with Crippen molar-refractivity contribution >= 4 is 27.5 Å². The fraction of sp³-hybridized carbons (Fsp3) is 0.562. The molecule has 1 aromatic carbocycles. The topological polar surface area (TPSA) is 57.7 Å². The van der Waals surface area contributed by atoms with Crippen molar-refractivity contribution in [3.63, 3.8) is 0 Å². The standard InChI is InChI=1S/C16H20F2N2O3S2/c17-16(18)24-14-3-1-12(2-4-14)15(21)20-8-6-19(7-9-20)13-5-10-25(22,23)11-13/h1-4,13,16H,5-11H2/t13-/m1/s1. The third-order valence-electron chi connectivity index (χ3n) is 4.65. The van der Waals surface area contributed by atoms with Crippen molar-refractivity contribution in [3.8, 4) is 0 Å². The van der Waals surface area contributed by atoms with Crippen molar-refractivity contribution < 1.29 is 22.0 Å². The van der Waals surface area contributed by atoms with Crippen molar-refractivity contribution in [2.45, 2.75) is 23.1 Å². The Balaban J connectivity index is 1.54. The molecule has 0 aromatic heterocycles. The number of alkyl halides is 2. The molecule has 1 amide bonds. The molecule has 0 spiro atoms. The molecule has 0 bridgehead atoms. The number of thioether (sulfide) groups is 1. The molecular formula is C16H20F2N2O3S2. The fourth-order valence-electron chi connectivity index (χ4n) is 3.32. The number of halogens is 2. The maximum Gasteiger partial charge on any atom is 0.288 e. The number of benzene rings is 1. The van der Waals surface area contributed by atoms with Crippen molar-refractivity contribution in [3.05, 3.63) is 29.8 Å². The van der Waals surface area contributed by atoms with Crippen LogP contribution in [0.1, 0.15) is 16.8 Å². The molecule has 0 unspecified atom stereocenters. The van der Waals surface area contributed by atoms with Crippen LogP contribution in [-0.2, 0) is 9.84 Å². The van der Waals surface area contributed by atoms with Crippen molar-refractivity contribution in [1.29, 1.82) is 0 Å². The van der Waals surface area contributed by atoms with E-state index in [-0.39, 0.29) is 23.5 Å². The summed E-state index contributed by atoms with van der Waals surface area (Å²) in [5.74, 6) is -2.13. The van der Waals surface area contributed by atoms with Crippen LogP contribution >= 0.6 is 11.8 Å². The number of sulfone groups is 1. The van der Waals surface area contributed by atoms with Crippen molar-refractivity contribution in [1.82, 2.24) is 9.80 Å². The van der Waals surface area contributed by atoms with Gasteiger partial charge in [0.05, 0.1) is 11.5 Å². The maximum absolute atomic E-state index is 12.5. The third-order valence-corrected chi connectivity index (χ3v) is 7.13. The van der Waals surface area contributed by atoms with Crippen LogP contribution in [0.15, 0.2) is 29.2 Å². The first-order valence-electron chi connectivity index (χ1n) is 8.13. The number of rotatable bonds is 4. The maximum atomic E-state index is 12.5. The number of amides is 1. The molecule has 25 heavy (non-hydrogen) atoms. The van der Waals surface area contributed by atoms with Gasteiger partial charge in [-0.15, -0.1) is 0 Å². The zero-order valence-corrected chi connectivity index (χ0v) is 15.2. The molecular weight excluding hydrogens is 370 g/mol. The van der Waals surface area contributed by atoms with E-state index in [2.05, 4.69) is 4.90 Å². The molecule has 2 aliphatic heterocycles. The van der Waals surface area contributed by atoms with Gasteiger partial charge >= 0.3 is 0 Å². The highest BCUT2D eigenvalue weighted by Crippen LogP contribution is 2.25. The van der Waals surface area contributed by atoms with Crippen LogP contribution in [0.5, 0.6) is 0 Å². The molecule has 0 N–H and O–H groups in total. The summed E-state index contributed by atoms with van der Waals surface area (Å²) in [6.07, 6.45) is 0.666. The fourth-order valence-corrected chi connectivity index (χ4v) is 5.58. The van der Waals surface area contributed by atoms with Crippen LogP contribution in [0.25, 0.3) is 0 Å². The quantitative estimate of drug-likeness (QED) is 0.736. The number of hydrogen-bond acceptors (Lipinski definition) is 5. The van der Waals surface area contributed by atoms with E-state index in [1.54, 1.807) is 17.0 Å². The molecule has 0 aliphatic carbocycles. The Hall–Kier alpha value is -1.19. The lowest BCUT2D eigenvalue weighted by atomic mass is 10.1. The third kappa shape index (κ3) is 4.71. The van der Waals surface area contributed by atoms with E-state index in [1.165, 1.54) is 12.1 Å². The van der Waals surface area contributed by atoms with Gasteiger partial charge < -0.3 is 4.90 Å². The molecule has 2 saturated heterocycles. The first-order valence-corrected chi connectivity index (χ1v) is 10.8. The molecule has 2 heterocycles. The largest absolute Gasteiger partial charge is 0.336 e. The summed E-state index contributed by atoms with van der Waals surface area (Å²) in [5.41, 5.74) is 0.482. The smallest absolute Gasteiger partial charge is 0.288 e. The number of carbonyl (C=O) groups excluding carboxylic acids is 1. The van der Waals surface area contributed by atoms with Gasteiger partial charge in [0.15, 0.2) is 9.84 Å². The summed E-state index contributed by atoms with van der Waals surface area (Å²) in [6.45, 7) is 2.41. The average Bonchev–Trinajstić information content (AvgIpc) is 2.94. The summed E-state index contributed by atoms with van der Waals surface area (Å²) in [6, 6.07) is 6.27. The van der Waals surface area contributed by atoms with Gasteiger partial charge in [0, 0.05) is 42.7 Å². The first-order chi connectivity index (χ1) is 11.8. The molecule has 3 rings (SSSR count). The van der Waals surface area contributed by atoms with E-state index < -0.39 is 15.6 Å². The van der Waals surface area contributed by atoms with Gasteiger partial charge in [-0.25, -0.2) is 8.42 Å². The van der Waals surface area contributed by atoms with Crippen LogP contribution in [0.3, 0.4) is 0 Å². The van der Waals surface area contributed by atoms with Gasteiger partial charge in [0.1, 0.15) is 0 Å². The predicted octanol–water partition coefficient (Wildman–Crippen LogP) is 1.95. The second kappa shape index (κ2) is 7.59. The summed E-state index contributed by atoms with van der Waals surface area (Å²) >= 11 is 0.455. The summed E-state index contributed by atoms with van der Waals surface area (Å²) in [7, 11) is -2.91. The van der Waals surface area contributed by atoms with Gasteiger partial charge in [0.2, 0.25) is 0 Å². The minimum atomic E-state index is -2.91. The zero-order chi connectivity index (χ0) is 18.0. The first kappa shape index (κ1) is 18.6. The van der Waals surface area contributed by atoms with Crippen LogP contribution in [0.2, 0.25) is 0 Å². The van der Waals surface area contributed by atoms with E-state index in [1.807, 2.05) is 0 Å². The SMILES string of the molecule is O=C(c1ccc(SC(F)F)cc1)N1CCN([C@@H]2CCS(=O)(=O)C2)CC1. The monoisotopic (exact) mass is 390 g/mol. The van der Waals surface area contributed by atoms with Crippen LogP contribution in [0, 0.1) is 0 Å². The second-order valence-electron chi connectivity index (χ2n) is 6.29. The van der Waals surface area contributed by atoms with Gasteiger partial charge in [-0.2, -0.15) is 8.78 Å². The molecule has 138 valence electrons. The van der Waals surface area contributed by atoms with Gasteiger partial charge in [-0.05, 0) is 30.7 Å². The van der Waals surface area contributed by atoms with E-state index in [9.17, 15) is 22.0 Å². The highest BCUT2D eigenvalue weighted by atomic mass is 32.2. The Kier molecular flexibility index (Phi) is 5.65. The molecule has 2 fully saturated rings. The minimum absolute atomic E-state index is 0.0629. The Labute approximate surface area is 150 Å². The van der Waals surface area contributed by atoms with E-state index in [4.69, 9.17) is 0 Å². The minimum Gasteiger partial charge on any atom is -0.336 e. The Morgan fingerprint density at radius 3 is 2.28 bits per heavy atom. The van der Waals surface area contributed by atoms with Gasteiger partial charge in [0.25, 0.3) is 11.7 Å². The number of nitrogens with zero attached hydrogens (tertiary/aromatic N) is 2. The average molecular weight is 390 g/mol. The van der Waals surface area contributed by atoms with Crippen LogP contribution < -0.4 is 0 Å². The predicted molar refractivity (Wildman–Crippen MR) is 92.8 cm³/mol. The Morgan fingerprint density at radius 1 is 1.12 bits per heavy atom. The molecule has 2 aliphatic rings.